The number of aliphatic hydroxyl groups excluding tert-OH is 1. The maximum absolute atomic E-state index is 12.5. The fourth-order valence-corrected chi connectivity index (χ4v) is 3.22. The van der Waals surface area contributed by atoms with Crippen molar-refractivity contribution in [2.45, 2.75) is 51.2 Å². The van der Waals surface area contributed by atoms with Crippen molar-refractivity contribution in [1.82, 2.24) is 4.90 Å². The Morgan fingerprint density at radius 3 is 2.50 bits per heavy atom. The summed E-state index contributed by atoms with van der Waals surface area (Å²) in [6, 6.07) is 0.532. The zero-order valence-corrected chi connectivity index (χ0v) is 10.2. The Labute approximate surface area is 97.8 Å². The minimum atomic E-state index is -0.156. The van der Waals surface area contributed by atoms with Crippen LogP contribution in [0.2, 0.25) is 0 Å². The van der Waals surface area contributed by atoms with E-state index in [-0.39, 0.29) is 12.8 Å². The Morgan fingerprint density at radius 2 is 1.88 bits per heavy atom. The standard InChI is InChI=1S/C13H24FNO/c1-10-2-3-12(16)8-13(10)15-6-4-11(9-14)5-7-15/h10-13,16H,2-9H2,1H3. The molecule has 1 heterocycles. The molecule has 16 heavy (non-hydrogen) atoms. The van der Waals surface area contributed by atoms with Crippen LogP contribution in [-0.2, 0) is 0 Å². The van der Waals surface area contributed by atoms with E-state index in [1.807, 2.05) is 0 Å². The van der Waals surface area contributed by atoms with Crippen molar-refractivity contribution in [2.24, 2.45) is 11.8 Å². The molecule has 2 rings (SSSR count). The van der Waals surface area contributed by atoms with Crippen LogP contribution in [0.3, 0.4) is 0 Å². The van der Waals surface area contributed by atoms with Gasteiger partial charge in [-0.2, -0.15) is 0 Å². The number of likely N-dealkylation sites (tertiary alicyclic amines) is 1. The number of hydrogen-bond acceptors (Lipinski definition) is 2. The molecule has 1 aliphatic heterocycles. The smallest absolute Gasteiger partial charge is 0.0923 e. The number of hydrogen-bond donors (Lipinski definition) is 1. The van der Waals surface area contributed by atoms with Crippen LogP contribution in [-0.4, -0.2) is 41.9 Å². The molecular weight excluding hydrogens is 205 g/mol. The molecule has 0 radical (unpaired) electrons. The molecule has 0 spiro atoms. The first-order chi connectivity index (χ1) is 7.70. The molecular formula is C13H24FNO. The third-order valence-electron chi connectivity index (χ3n) is 4.46. The summed E-state index contributed by atoms with van der Waals surface area (Å²) >= 11 is 0. The van der Waals surface area contributed by atoms with Crippen molar-refractivity contribution in [1.29, 1.82) is 0 Å². The van der Waals surface area contributed by atoms with Crippen molar-refractivity contribution in [3.63, 3.8) is 0 Å². The predicted molar refractivity (Wildman–Crippen MR) is 63.1 cm³/mol. The molecule has 0 amide bonds. The van der Waals surface area contributed by atoms with Gasteiger partial charge in [0, 0.05) is 6.04 Å². The summed E-state index contributed by atoms with van der Waals surface area (Å²) in [6.07, 6.45) is 4.89. The average Bonchev–Trinajstić information content (AvgIpc) is 2.32. The number of alkyl halides is 1. The Morgan fingerprint density at radius 1 is 1.19 bits per heavy atom. The maximum Gasteiger partial charge on any atom is 0.0923 e. The fourth-order valence-electron chi connectivity index (χ4n) is 3.22. The molecule has 94 valence electrons. The van der Waals surface area contributed by atoms with E-state index in [0.29, 0.717) is 17.9 Å². The van der Waals surface area contributed by atoms with Gasteiger partial charge in [-0.3, -0.25) is 4.39 Å². The first kappa shape index (κ1) is 12.3. The van der Waals surface area contributed by atoms with Crippen molar-refractivity contribution in [2.75, 3.05) is 19.8 Å². The van der Waals surface area contributed by atoms with E-state index in [9.17, 15) is 9.50 Å². The average molecular weight is 229 g/mol. The molecule has 1 aliphatic carbocycles. The van der Waals surface area contributed by atoms with Crippen LogP contribution in [0.1, 0.15) is 39.0 Å². The third-order valence-corrected chi connectivity index (χ3v) is 4.46. The van der Waals surface area contributed by atoms with Gasteiger partial charge in [0.2, 0.25) is 0 Å². The van der Waals surface area contributed by atoms with Crippen LogP contribution in [0.5, 0.6) is 0 Å². The summed E-state index contributed by atoms with van der Waals surface area (Å²) in [4.78, 5) is 2.49. The molecule has 1 N–H and O–H groups in total. The highest BCUT2D eigenvalue weighted by atomic mass is 19.1. The highest BCUT2D eigenvalue weighted by Crippen LogP contribution is 2.31. The number of rotatable bonds is 2. The molecule has 2 nitrogen and oxygen atoms in total. The van der Waals surface area contributed by atoms with E-state index in [2.05, 4.69) is 11.8 Å². The molecule has 2 aliphatic rings. The first-order valence-corrected chi connectivity index (χ1v) is 6.68. The monoisotopic (exact) mass is 229 g/mol. The Balaban J connectivity index is 1.87. The van der Waals surface area contributed by atoms with Crippen molar-refractivity contribution in [3.05, 3.63) is 0 Å². The first-order valence-electron chi connectivity index (χ1n) is 6.68. The lowest BCUT2D eigenvalue weighted by molar-refractivity contribution is 0.0148. The zero-order chi connectivity index (χ0) is 11.5. The second-order valence-electron chi connectivity index (χ2n) is 5.65. The summed E-state index contributed by atoms with van der Waals surface area (Å²) in [7, 11) is 0. The minimum absolute atomic E-state index is 0.111. The van der Waals surface area contributed by atoms with Gasteiger partial charge in [-0.25, -0.2) is 0 Å². The number of piperidine rings is 1. The summed E-state index contributed by atoms with van der Waals surface area (Å²) in [6.45, 7) is 4.18. The lowest BCUT2D eigenvalue weighted by Crippen LogP contribution is -2.48. The molecule has 3 heteroatoms. The fraction of sp³-hybridized carbons (Fsp3) is 1.00. The van der Waals surface area contributed by atoms with Gasteiger partial charge in [0.1, 0.15) is 0 Å². The second-order valence-corrected chi connectivity index (χ2v) is 5.65. The molecule has 0 bridgehead atoms. The summed E-state index contributed by atoms with van der Waals surface area (Å²) in [5.74, 6) is 0.977. The van der Waals surface area contributed by atoms with E-state index in [4.69, 9.17) is 0 Å². The topological polar surface area (TPSA) is 23.5 Å². The van der Waals surface area contributed by atoms with E-state index < -0.39 is 0 Å². The van der Waals surface area contributed by atoms with Crippen LogP contribution < -0.4 is 0 Å². The molecule has 3 unspecified atom stereocenters. The van der Waals surface area contributed by atoms with E-state index in [0.717, 1.165) is 45.2 Å². The van der Waals surface area contributed by atoms with Gasteiger partial charge in [-0.1, -0.05) is 6.92 Å². The lowest BCUT2D eigenvalue weighted by atomic mass is 9.82. The third kappa shape index (κ3) is 2.75. The van der Waals surface area contributed by atoms with Crippen molar-refractivity contribution >= 4 is 0 Å². The van der Waals surface area contributed by atoms with Gasteiger partial charge in [-0.05, 0) is 57.0 Å². The number of halogens is 1. The number of aliphatic hydroxyl groups is 1. The van der Waals surface area contributed by atoms with Crippen LogP contribution in [0.15, 0.2) is 0 Å². The van der Waals surface area contributed by atoms with E-state index in [1.54, 1.807) is 0 Å². The van der Waals surface area contributed by atoms with Crippen LogP contribution in [0, 0.1) is 11.8 Å². The Bertz CT molecular complexity index is 216. The molecule has 1 saturated carbocycles. The molecule has 0 aromatic heterocycles. The maximum atomic E-state index is 12.5. The van der Waals surface area contributed by atoms with Gasteiger partial charge < -0.3 is 10.0 Å². The molecule has 2 fully saturated rings. The molecule has 0 aromatic rings. The highest BCUT2D eigenvalue weighted by Gasteiger charge is 2.33. The van der Waals surface area contributed by atoms with Crippen LogP contribution >= 0.6 is 0 Å². The van der Waals surface area contributed by atoms with Gasteiger partial charge in [-0.15, -0.1) is 0 Å². The predicted octanol–water partition coefficient (Wildman–Crippen LogP) is 2.22. The van der Waals surface area contributed by atoms with E-state index in [1.165, 1.54) is 0 Å². The number of nitrogens with zero attached hydrogens (tertiary/aromatic N) is 1. The Hall–Kier alpha value is -0.150. The largest absolute Gasteiger partial charge is 0.393 e. The van der Waals surface area contributed by atoms with Crippen molar-refractivity contribution in [3.8, 4) is 0 Å². The summed E-state index contributed by atoms with van der Waals surface area (Å²) in [5, 5.41) is 9.74. The van der Waals surface area contributed by atoms with Gasteiger partial charge in [0.25, 0.3) is 0 Å². The SMILES string of the molecule is CC1CCC(O)CC1N1CCC(CF)CC1. The van der Waals surface area contributed by atoms with Crippen molar-refractivity contribution < 1.29 is 9.50 Å². The van der Waals surface area contributed by atoms with Gasteiger partial charge >= 0.3 is 0 Å². The lowest BCUT2D eigenvalue weighted by Gasteiger charge is -2.43. The van der Waals surface area contributed by atoms with Crippen LogP contribution in [0.4, 0.5) is 4.39 Å². The van der Waals surface area contributed by atoms with Gasteiger partial charge in [0.05, 0.1) is 12.8 Å². The molecule has 0 aromatic carbocycles. The highest BCUT2D eigenvalue weighted by molar-refractivity contribution is 4.87. The molecule has 3 atom stereocenters. The van der Waals surface area contributed by atoms with E-state index >= 15 is 0 Å². The minimum Gasteiger partial charge on any atom is -0.393 e. The molecule has 1 saturated heterocycles. The normalized spacial score (nSPS) is 38.8. The summed E-state index contributed by atoms with van der Waals surface area (Å²) in [5.41, 5.74) is 0. The van der Waals surface area contributed by atoms with Gasteiger partial charge in [0.15, 0.2) is 0 Å². The zero-order valence-electron chi connectivity index (χ0n) is 10.2. The van der Waals surface area contributed by atoms with Crippen LogP contribution in [0.25, 0.3) is 0 Å². The summed E-state index contributed by atoms with van der Waals surface area (Å²) < 4.78 is 12.5. The quantitative estimate of drug-likeness (QED) is 0.785. The Kier molecular flexibility index (Phi) is 4.20. The second kappa shape index (κ2) is 5.46.